The van der Waals surface area contributed by atoms with E-state index in [2.05, 4.69) is 10.3 Å². The summed E-state index contributed by atoms with van der Waals surface area (Å²) in [5.41, 5.74) is 2.39. The Labute approximate surface area is 188 Å². The topological polar surface area (TPSA) is 62.3 Å². The smallest absolute Gasteiger partial charge is 0.319 e. The average Bonchev–Trinajstić information content (AvgIpc) is 3.53. The number of aromatic nitrogens is 1. The minimum absolute atomic E-state index is 0.147. The molecule has 1 unspecified atom stereocenters. The molecule has 5 nitrogen and oxygen atoms in total. The van der Waals surface area contributed by atoms with Gasteiger partial charge in [0.1, 0.15) is 5.01 Å². The summed E-state index contributed by atoms with van der Waals surface area (Å²) in [5.74, 6) is -0.252. The highest BCUT2D eigenvalue weighted by molar-refractivity contribution is 7.14. The molecule has 31 heavy (non-hydrogen) atoms. The molecule has 3 heterocycles. The van der Waals surface area contributed by atoms with Gasteiger partial charge in [-0.2, -0.15) is 11.3 Å². The Morgan fingerprint density at radius 2 is 1.68 bits per heavy atom. The molecule has 0 spiro atoms. The zero-order valence-corrected chi connectivity index (χ0v) is 18.2. The van der Waals surface area contributed by atoms with Gasteiger partial charge in [0.05, 0.1) is 12.2 Å². The number of carbonyl (C=O) groups is 2. The van der Waals surface area contributed by atoms with Crippen LogP contribution in [-0.4, -0.2) is 21.8 Å². The Hall–Kier alpha value is -3.29. The molecule has 154 valence electrons. The van der Waals surface area contributed by atoms with Crippen molar-refractivity contribution in [2.75, 3.05) is 0 Å². The van der Waals surface area contributed by atoms with E-state index < -0.39 is 11.6 Å². The van der Waals surface area contributed by atoms with Crippen molar-refractivity contribution in [1.29, 1.82) is 0 Å². The highest BCUT2D eigenvalue weighted by Crippen LogP contribution is 2.34. The van der Waals surface area contributed by atoms with Crippen LogP contribution in [0.1, 0.15) is 16.8 Å². The number of rotatable bonds is 6. The summed E-state index contributed by atoms with van der Waals surface area (Å²) in [6, 6.07) is 20.8. The van der Waals surface area contributed by atoms with Gasteiger partial charge in [-0.3, -0.25) is 9.69 Å². The summed E-state index contributed by atoms with van der Waals surface area (Å²) in [6.45, 7) is 0.147. The van der Waals surface area contributed by atoms with Gasteiger partial charge in [-0.05, 0) is 22.6 Å². The zero-order valence-electron chi connectivity index (χ0n) is 16.5. The van der Waals surface area contributed by atoms with Gasteiger partial charge < -0.3 is 5.32 Å². The van der Waals surface area contributed by atoms with E-state index in [1.54, 1.807) is 11.3 Å². The molecule has 1 saturated heterocycles. The second-order valence-electron chi connectivity index (χ2n) is 7.41. The van der Waals surface area contributed by atoms with E-state index in [-0.39, 0.29) is 12.5 Å². The molecule has 1 N–H and O–H groups in total. The van der Waals surface area contributed by atoms with Crippen molar-refractivity contribution in [3.63, 3.8) is 0 Å². The van der Waals surface area contributed by atoms with Crippen LogP contribution in [0.15, 0.2) is 82.9 Å². The number of benzene rings is 2. The van der Waals surface area contributed by atoms with Crippen molar-refractivity contribution < 1.29 is 9.59 Å². The van der Waals surface area contributed by atoms with E-state index in [1.165, 1.54) is 16.2 Å². The second-order valence-corrected chi connectivity index (χ2v) is 9.05. The van der Waals surface area contributed by atoms with Crippen molar-refractivity contribution in [1.82, 2.24) is 15.2 Å². The third kappa shape index (κ3) is 3.66. The number of amides is 3. The van der Waals surface area contributed by atoms with Gasteiger partial charge >= 0.3 is 6.03 Å². The van der Waals surface area contributed by atoms with Crippen LogP contribution in [0.3, 0.4) is 0 Å². The van der Waals surface area contributed by atoms with E-state index in [1.807, 2.05) is 82.9 Å². The molecule has 2 aromatic carbocycles. The van der Waals surface area contributed by atoms with Gasteiger partial charge in [0, 0.05) is 22.7 Å². The summed E-state index contributed by atoms with van der Waals surface area (Å²) >= 11 is 3.13. The van der Waals surface area contributed by atoms with Crippen molar-refractivity contribution in [3.8, 4) is 10.6 Å². The molecule has 0 radical (unpaired) electrons. The number of urea groups is 1. The fraction of sp³-hybridized carbons (Fsp3) is 0.125. The molecule has 5 rings (SSSR count). The summed E-state index contributed by atoms with van der Waals surface area (Å²) in [7, 11) is 0. The highest BCUT2D eigenvalue weighted by atomic mass is 32.1. The van der Waals surface area contributed by atoms with Crippen molar-refractivity contribution in [3.05, 3.63) is 99.7 Å². The molecule has 1 fully saturated rings. The van der Waals surface area contributed by atoms with E-state index >= 15 is 0 Å². The maximum Gasteiger partial charge on any atom is 0.325 e. The number of nitrogens with zero attached hydrogens (tertiary/aromatic N) is 2. The molecule has 0 aliphatic carbocycles. The summed E-state index contributed by atoms with van der Waals surface area (Å²) in [5, 5.41) is 9.85. The van der Waals surface area contributed by atoms with E-state index in [0.717, 1.165) is 21.7 Å². The van der Waals surface area contributed by atoms with Crippen molar-refractivity contribution in [2.24, 2.45) is 0 Å². The van der Waals surface area contributed by atoms with E-state index in [4.69, 9.17) is 0 Å². The average molecular weight is 446 g/mol. The molecule has 4 aromatic rings. The van der Waals surface area contributed by atoms with Crippen LogP contribution in [0.4, 0.5) is 4.79 Å². The second kappa shape index (κ2) is 8.09. The molecule has 3 amide bonds. The van der Waals surface area contributed by atoms with Crippen LogP contribution in [0, 0.1) is 0 Å². The van der Waals surface area contributed by atoms with Gasteiger partial charge in [-0.1, -0.05) is 60.7 Å². The van der Waals surface area contributed by atoms with Crippen LogP contribution >= 0.6 is 22.7 Å². The fourth-order valence-electron chi connectivity index (χ4n) is 3.87. The van der Waals surface area contributed by atoms with E-state index in [0.29, 0.717) is 12.1 Å². The minimum Gasteiger partial charge on any atom is -0.319 e. The zero-order chi connectivity index (χ0) is 21.3. The van der Waals surface area contributed by atoms with Gasteiger partial charge in [-0.15, -0.1) is 11.3 Å². The van der Waals surface area contributed by atoms with Gasteiger partial charge in [0.25, 0.3) is 5.91 Å². The molecule has 1 aliphatic rings. The predicted molar refractivity (Wildman–Crippen MR) is 123 cm³/mol. The van der Waals surface area contributed by atoms with Crippen LogP contribution in [0.25, 0.3) is 10.6 Å². The summed E-state index contributed by atoms with van der Waals surface area (Å²) in [6.07, 6.45) is 0.385. The number of thiophene rings is 1. The number of nitrogens with one attached hydrogen (secondary N) is 1. The van der Waals surface area contributed by atoms with Gasteiger partial charge in [-0.25, -0.2) is 9.78 Å². The van der Waals surface area contributed by atoms with Crippen LogP contribution in [0.5, 0.6) is 0 Å². The first-order valence-electron chi connectivity index (χ1n) is 9.86. The van der Waals surface area contributed by atoms with Gasteiger partial charge in [0.15, 0.2) is 5.54 Å². The Bertz CT molecular complexity index is 1210. The molecule has 2 aromatic heterocycles. The number of hydrogen-bond acceptors (Lipinski definition) is 5. The normalized spacial score (nSPS) is 18.4. The molecular weight excluding hydrogens is 426 g/mol. The standard InChI is InChI=1S/C24H19N3O2S2/c28-22-24(19-9-5-2-6-10-19,13-17-7-3-1-4-8-17)26-23(29)27(22)14-20-16-31-21(25-20)18-11-12-30-15-18/h1-12,15-16H,13-14H2,(H,26,29). The maximum atomic E-state index is 13.7. The number of carbonyl (C=O) groups excluding carboxylic acids is 2. The number of hydrogen-bond donors (Lipinski definition) is 1. The van der Waals surface area contributed by atoms with Gasteiger partial charge in [0.2, 0.25) is 0 Å². The lowest BCUT2D eigenvalue weighted by molar-refractivity contribution is -0.132. The Morgan fingerprint density at radius 3 is 2.39 bits per heavy atom. The monoisotopic (exact) mass is 445 g/mol. The van der Waals surface area contributed by atoms with Crippen LogP contribution < -0.4 is 5.32 Å². The number of imide groups is 1. The van der Waals surface area contributed by atoms with Crippen LogP contribution in [0.2, 0.25) is 0 Å². The van der Waals surface area contributed by atoms with E-state index in [9.17, 15) is 9.59 Å². The number of thiazole rings is 1. The third-order valence-corrected chi connectivity index (χ3v) is 7.02. The predicted octanol–water partition coefficient (Wildman–Crippen LogP) is 5.06. The Balaban J connectivity index is 1.47. The lowest BCUT2D eigenvalue weighted by atomic mass is 9.83. The summed E-state index contributed by atoms with van der Waals surface area (Å²) in [4.78, 5) is 32.6. The quantitative estimate of drug-likeness (QED) is 0.422. The molecule has 1 atom stereocenters. The lowest BCUT2D eigenvalue weighted by Crippen LogP contribution is -2.46. The first-order valence-corrected chi connectivity index (χ1v) is 11.7. The van der Waals surface area contributed by atoms with Crippen molar-refractivity contribution >= 4 is 34.6 Å². The molecule has 1 aliphatic heterocycles. The molecule has 0 bridgehead atoms. The SMILES string of the molecule is O=C1NC(Cc2ccccc2)(c2ccccc2)C(=O)N1Cc1csc(-c2ccsc2)n1. The Kier molecular flexibility index (Phi) is 5.13. The molecule has 0 saturated carbocycles. The highest BCUT2D eigenvalue weighted by Gasteiger charge is 2.52. The first kappa shape index (κ1) is 19.7. The fourth-order valence-corrected chi connectivity index (χ4v) is 5.40. The lowest BCUT2D eigenvalue weighted by Gasteiger charge is -2.27. The summed E-state index contributed by atoms with van der Waals surface area (Å²) < 4.78 is 0. The Morgan fingerprint density at radius 1 is 0.935 bits per heavy atom. The molecule has 7 heteroatoms. The molecular formula is C24H19N3O2S2. The maximum absolute atomic E-state index is 13.7. The van der Waals surface area contributed by atoms with Crippen molar-refractivity contribution in [2.45, 2.75) is 18.5 Å². The minimum atomic E-state index is -1.13. The first-order chi connectivity index (χ1) is 15.2. The third-order valence-electron chi connectivity index (χ3n) is 5.39. The largest absolute Gasteiger partial charge is 0.325 e. The van der Waals surface area contributed by atoms with Crippen LogP contribution in [-0.2, 0) is 23.3 Å².